The minimum Gasteiger partial charge on any atom is -0.379 e. The predicted octanol–water partition coefficient (Wildman–Crippen LogP) is 1.65. The predicted molar refractivity (Wildman–Crippen MR) is 103 cm³/mol. The van der Waals surface area contributed by atoms with Gasteiger partial charge in [-0.05, 0) is 31.4 Å². The van der Waals surface area contributed by atoms with Gasteiger partial charge in [0.25, 0.3) is 0 Å². The molecule has 4 N–H and O–H groups in total. The van der Waals surface area contributed by atoms with Crippen LogP contribution in [0.4, 0.5) is 0 Å². The number of nitrogens with one attached hydrogen (secondary N) is 2. The molecule has 0 aliphatic carbocycles. The average molecular weight is 343 g/mol. The second-order valence-electron chi connectivity index (χ2n) is 6.53. The van der Waals surface area contributed by atoms with Gasteiger partial charge in [0.2, 0.25) is 0 Å². The van der Waals surface area contributed by atoms with Gasteiger partial charge in [0, 0.05) is 49.3 Å². The Bertz CT molecular complexity index is 703. The van der Waals surface area contributed by atoms with Crippen LogP contribution in [0.3, 0.4) is 0 Å². The molecule has 0 spiro atoms. The number of aryl methyl sites for hydroxylation is 1. The van der Waals surface area contributed by atoms with Crippen LogP contribution in [0, 0.1) is 6.92 Å². The summed E-state index contributed by atoms with van der Waals surface area (Å²) in [7, 11) is 0. The van der Waals surface area contributed by atoms with Crippen LogP contribution in [-0.2, 0) is 11.2 Å². The van der Waals surface area contributed by atoms with Gasteiger partial charge in [-0.25, -0.2) is 0 Å². The van der Waals surface area contributed by atoms with Crippen LogP contribution in [0.15, 0.2) is 29.3 Å². The number of hydrogen-bond donors (Lipinski definition) is 3. The zero-order valence-corrected chi connectivity index (χ0v) is 15.1. The number of morpholine rings is 1. The highest BCUT2D eigenvalue weighted by Crippen LogP contribution is 2.21. The zero-order valence-electron chi connectivity index (χ0n) is 15.1. The molecule has 136 valence electrons. The van der Waals surface area contributed by atoms with Crippen molar-refractivity contribution in [3.05, 3.63) is 35.5 Å². The number of nitrogens with zero attached hydrogens (tertiary/aromatic N) is 2. The van der Waals surface area contributed by atoms with Crippen molar-refractivity contribution in [2.24, 2.45) is 10.7 Å². The lowest BCUT2D eigenvalue weighted by Gasteiger charge is -2.26. The SMILES string of the molecule is Cc1[nH]c2ccccc2c1CCNC(N)=NCCCN1CCOCC1. The van der Waals surface area contributed by atoms with E-state index in [2.05, 4.69) is 51.4 Å². The fourth-order valence-corrected chi connectivity index (χ4v) is 3.35. The number of benzene rings is 1. The first kappa shape index (κ1) is 17.8. The third-order valence-corrected chi connectivity index (χ3v) is 4.73. The standard InChI is InChI=1S/C19H29N5O/c1-15-16(17-5-2-3-6-18(17)23-15)7-9-22-19(20)21-8-4-10-24-11-13-25-14-12-24/h2-3,5-6,23H,4,7-14H2,1H3,(H3,20,21,22). The zero-order chi connectivity index (χ0) is 17.5. The van der Waals surface area contributed by atoms with Gasteiger partial charge in [0.05, 0.1) is 13.2 Å². The molecular formula is C19H29N5O. The summed E-state index contributed by atoms with van der Waals surface area (Å²) in [4.78, 5) is 10.3. The second kappa shape index (κ2) is 8.87. The maximum absolute atomic E-state index is 5.98. The fraction of sp³-hybridized carbons (Fsp3) is 0.526. The van der Waals surface area contributed by atoms with Crippen LogP contribution in [0.5, 0.6) is 0 Å². The largest absolute Gasteiger partial charge is 0.379 e. The van der Waals surface area contributed by atoms with E-state index in [0.29, 0.717) is 5.96 Å². The number of H-pyrrole nitrogens is 1. The van der Waals surface area contributed by atoms with Gasteiger partial charge in [0.15, 0.2) is 5.96 Å². The summed E-state index contributed by atoms with van der Waals surface area (Å²) in [5, 5.41) is 4.53. The number of guanidine groups is 1. The van der Waals surface area contributed by atoms with Gasteiger partial charge in [-0.1, -0.05) is 18.2 Å². The first-order valence-corrected chi connectivity index (χ1v) is 9.14. The molecule has 1 aliphatic rings. The molecule has 2 heterocycles. The number of fused-ring (bicyclic) bond motifs is 1. The first-order valence-electron chi connectivity index (χ1n) is 9.14. The Morgan fingerprint density at radius 3 is 2.96 bits per heavy atom. The van der Waals surface area contributed by atoms with Gasteiger partial charge in [-0.3, -0.25) is 9.89 Å². The second-order valence-corrected chi connectivity index (χ2v) is 6.53. The summed E-state index contributed by atoms with van der Waals surface area (Å²) in [6.45, 7) is 8.50. The Hall–Kier alpha value is -2.05. The highest BCUT2D eigenvalue weighted by molar-refractivity contribution is 5.84. The number of aliphatic imine (C=N–C) groups is 1. The molecule has 3 rings (SSSR count). The van der Waals surface area contributed by atoms with Gasteiger partial charge in [0.1, 0.15) is 0 Å². The van der Waals surface area contributed by atoms with Crippen LogP contribution < -0.4 is 11.1 Å². The minimum atomic E-state index is 0.541. The maximum atomic E-state index is 5.98. The van der Waals surface area contributed by atoms with Crippen molar-refractivity contribution in [2.75, 3.05) is 45.9 Å². The van der Waals surface area contributed by atoms with E-state index in [0.717, 1.165) is 58.8 Å². The average Bonchev–Trinajstić information content (AvgIpc) is 2.95. The van der Waals surface area contributed by atoms with Crippen LogP contribution in [-0.4, -0.2) is 61.8 Å². The van der Waals surface area contributed by atoms with Crippen molar-refractivity contribution in [1.29, 1.82) is 0 Å². The summed E-state index contributed by atoms with van der Waals surface area (Å²) in [6.07, 6.45) is 1.96. The van der Waals surface area contributed by atoms with E-state index in [1.807, 2.05) is 0 Å². The Morgan fingerprint density at radius 2 is 2.12 bits per heavy atom. The van der Waals surface area contributed by atoms with Crippen molar-refractivity contribution < 1.29 is 4.74 Å². The number of para-hydroxylation sites is 1. The molecule has 1 aliphatic heterocycles. The molecule has 1 aromatic carbocycles. The van der Waals surface area contributed by atoms with E-state index in [1.165, 1.54) is 22.2 Å². The maximum Gasteiger partial charge on any atom is 0.188 e. The summed E-state index contributed by atoms with van der Waals surface area (Å²) >= 11 is 0. The molecule has 2 aromatic rings. The number of aromatic amines is 1. The molecule has 0 atom stereocenters. The van der Waals surface area contributed by atoms with Crippen molar-refractivity contribution in [2.45, 2.75) is 19.8 Å². The third-order valence-electron chi connectivity index (χ3n) is 4.73. The monoisotopic (exact) mass is 343 g/mol. The lowest BCUT2D eigenvalue weighted by Crippen LogP contribution is -2.37. The van der Waals surface area contributed by atoms with E-state index in [-0.39, 0.29) is 0 Å². The first-order chi connectivity index (χ1) is 12.2. The van der Waals surface area contributed by atoms with Crippen LogP contribution >= 0.6 is 0 Å². The molecule has 0 amide bonds. The molecule has 0 bridgehead atoms. The lowest BCUT2D eigenvalue weighted by molar-refractivity contribution is 0.0377. The van der Waals surface area contributed by atoms with Crippen molar-refractivity contribution in [1.82, 2.24) is 15.2 Å². The molecule has 0 unspecified atom stereocenters. The third kappa shape index (κ3) is 4.96. The Kier molecular flexibility index (Phi) is 6.30. The van der Waals surface area contributed by atoms with E-state index in [1.54, 1.807) is 0 Å². The van der Waals surface area contributed by atoms with Crippen molar-refractivity contribution in [3.8, 4) is 0 Å². The van der Waals surface area contributed by atoms with Gasteiger partial charge in [-0.15, -0.1) is 0 Å². The Morgan fingerprint density at radius 1 is 1.32 bits per heavy atom. The quantitative estimate of drug-likeness (QED) is 0.406. The molecule has 6 nitrogen and oxygen atoms in total. The number of hydrogen-bond acceptors (Lipinski definition) is 3. The summed E-state index contributed by atoms with van der Waals surface area (Å²) < 4.78 is 5.35. The highest BCUT2D eigenvalue weighted by Gasteiger charge is 2.09. The van der Waals surface area contributed by atoms with Crippen LogP contribution in [0.25, 0.3) is 10.9 Å². The van der Waals surface area contributed by atoms with Crippen molar-refractivity contribution in [3.63, 3.8) is 0 Å². The van der Waals surface area contributed by atoms with Gasteiger partial charge >= 0.3 is 0 Å². The molecule has 0 saturated carbocycles. The molecule has 1 saturated heterocycles. The fourth-order valence-electron chi connectivity index (χ4n) is 3.35. The summed E-state index contributed by atoms with van der Waals surface area (Å²) in [5.41, 5.74) is 9.75. The number of nitrogens with two attached hydrogens (primary N) is 1. The van der Waals surface area contributed by atoms with Crippen molar-refractivity contribution >= 4 is 16.9 Å². The topological polar surface area (TPSA) is 78.7 Å². The molecule has 1 fully saturated rings. The molecule has 25 heavy (non-hydrogen) atoms. The normalized spacial score (nSPS) is 16.4. The van der Waals surface area contributed by atoms with Crippen LogP contribution in [0.1, 0.15) is 17.7 Å². The van der Waals surface area contributed by atoms with Crippen LogP contribution in [0.2, 0.25) is 0 Å². The van der Waals surface area contributed by atoms with Gasteiger partial charge < -0.3 is 20.8 Å². The summed E-state index contributed by atoms with van der Waals surface area (Å²) in [5.74, 6) is 0.541. The number of aromatic nitrogens is 1. The molecule has 6 heteroatoms. The van der Waals surface area contributed by atoms with E-state index in [4.69, 9.17) is 10.5 Å². The smallest absolute Gasteiger partial charge is 0.188 e. The van der Waals surface area contributed by atoms with Gasteiger partial charge in [-0.2, -0.15) is 0 Å². The molecule has 1 aromatic heterocycles. The number of ether oxygens (including phenoxy) is 1. The highest BCUT2D eigenvalue weighted by atomic mass is 16.5. The minimum absolute atomic E-state index is 0.541. The lowest BCUT2D eigenvalue weighted by atomic mass is 10.1. The molecule has 0 radical (unpaired) electrons. The van der Waals surface area contributed by atoms with E-state index >= 15 is 0 Å². The Labute approximate surface area is 149 Å². The molecular weight excluding hydrogens is 314 g/mol. The van der Waals surface area contributed by atoms with E-state index < -0.39 is 0 Å². The Balaban J connectivity index is 1.39. The summed E-state index contributed by atoms with van der Waals surface area (Å²) in [6, 6.07) is 8.42. The van der Waals surface area contributed by atoms with E-state index in [9.17, 15) is 0 Å². The number of rotatable bonds is 7.